The normalized spacial score (nSPS) is 17.7. The summed E-state index contributed by atoms with van der Waals surface area (Å²) < 4.78 is 2.21. The molecule has 0 fully saturated rings. The van der Waals surface area contributed by atoms with Gasteiger partial charge in [-0.15, -0.1) is 10.2 Å². The van der Waals surface area contributed by atoms with Crippen LogP contribution < -0.4 is 5.32 Å². The minimum Gasteiger partial charge on any atom is -0.335 e. The minimum absolute atomic E-state index is 0.0478. The lowest BCUT2D eigenvalue weighted by molar-refractivity contribution is -0.117. The molecule has 1 amide bonds. The Labute approximate surface area is 127 Å². The average molecular weight is 306 g/mol. The number of carbonyl (C=O) groups is 1. The van der Waals surface area contributed by atoms with Gasteiger partial charge in [0.2, 0.25) is 11.0 Å². The number of nitrogens with zero attached hydrogens (tertiary/aromatic N) is 5. The number of aryl methyl sites for hydroxylation is 1. The third-order valence-electron chi connectivity index (χ3n) is 3.62. The molecule has 0 aliphatic carbocycles. The van der Waals surface area contributed by atoms with E-state index < -0.39 is 0 Å². The number of carbonyl (C=O) groups excluding carboxylic acids is 1. The third kappa shape index (κ3) is 3.64. The van der Waals surface area contributed by atoms with Gasteiger partial charge in [-0.05, 0) is 19.4 Å². The standard InChI is InChI=1S/C13H18N6OS/c1-18(8-12(20)16-13-17-15-9-21-13)6-10-2-3-11-14-4-5-19(11)7-10/h4-5,9-10H,2-3,6-8H2,1H3,(H,16,17,20). The zero-order chi connectivity index (χ0) is 14.7. The maximum absolute atomic E-state index is 11.9. The first-order chi connectivity index (χ1) is 10.2. The molecule has 1 atom stereocenters. The van der Waals surface area contributed by atoms with Gasteiger partial charge in [0.1, 0.15) is 11.3 Å². The van der Waals surface area contributed by atoms with E-state index in [1.165, 1.54) is 17.2 Å². The van der Waals surface area contributed by atoms with Crippen molar-refractivity contribution in [3.63, 3.8) is 0 Å². The van der Waals surface area contributed by atoms with Crippen LogP contribution in [0.4, 0.5) is 5.13 Å². The summed E-state index contributed by atoms with van der Waals surface area (Å²) in [5.41, 5.74) is 1.60. The summed E-state index contributed by atoms with van der Waals surface area (Å²) in [6.07, 6.45) is 6.03. The first-order valence-corrected chi connectivity index (χ1v) is 7.83. The van der Waals surface area contributed by atoms with E-state index in [1.807, 2.05) is 19.4 Å². The van der Waals surface area contributed by atoms with Gasteiger partial charge in [0, 0.05) is 31.9 Å². The van der Waals surface area contributed by atoms with Crippen molar-refractivity contribution in [1.82, 2.24) is 24.6 Å². The predicted molar refractivity (Wildman–Crippen MR) is 80.1 cm³/mol. The number of imidazole rings is 1. The number of aromatic nitrogens is 4. The molecule has 2 aromatic heterocycles. The largest absolute Gasteiger partial charge is 0.335 e. The van der Waals surface area contributed by atoms with Gasteiger partial charge < -0.3 is 4.57 Å². The summed E-state index contributed by atoms with van der Waals surface area (Å²) in [6, 6.07) is 0. The van der Waals surface area contributed by atoms with E-state index in [1.54, 1.807) is 5.51 Å². The quantitative estimate of drug-likeness (QED) is 0.887. The molecule has 21 heavy (non-hydrogen) atoms. The molecule has 1 unspecified atom stereocenters. The number of rotatable bonds is 5. The van der Waals surface area contributed by atoms with Crippen LogP contribution in [0.2, 0.25) is 0 Å². The number of hydrogen-bond donors (Lipinski definition) is 1. The molecular formula is C13H18N6OS. The minimum atomic E-state index is -0.0478. The van der Waals surface area contributed by atoms with Gasteiger partial charge in [-0.25, -0.2) is 4.98 Å². The Morgan fingerprint density at radius 1 is 1.62 bits per heavy atom. The summed E-state index contributed by atoms with van der Waals surface area (Å²) in [5, 5.41) is 10.8. The SMILES string of the molecule is CN(CC(=O)Nc1nncs1)CC1CCc2nccn2C1. The number of anilines is 1. The van der Waals surface area contributed by atoms with Crippen LogP contribution in [0.5, 0.6) is 0 Å². The number of nitrogens with one attached hydrogen (secondary N) is 1. The molecular weight excluding hydrogens is 288 g/mol. The van der Waals surface area contributed by atoms with Gasteiger partial charge in [-0.3, -0.25) is 15.0 Å². The number of amides is 1. The second-order valence-corrected chi connectivity index (χ2v) is 6.22. The van der Waals surface area contributed by atoms with Crippen molar-refractivity contribution in [3.8, 4) is 0 Å². The lowest BCUT2D eigenvalue weighted by atomic mass is 9.99. The van der Waals surface area contributed by atoms with Gasteiger partial charge in [-0.2, -0.15) is 0 Å². The molecule has 1 N–H and O–H groups in total. The van der Waals surface area contributed by atoms with E-state index in [0.29, 0.717) is 17.6 Å². The van der Waals surface area contributed by atoms with E-state index in [9.17, 15) is 4.79 Å². The maximum Gasteiger partial charge on any atom is 0.240 e. The van der Waals surface area contributed by atoms with Crippen molar-refractivity contribution in [1.29, 1.82) is 0 Å². The summed E-state index contributed by atoms with van der Waals surface area (Å²) in [5.74, 6) is 1.68. The lowest BCUT2D eigenvalue weighted by Crippen LogP contribution is -2.36. The molecule has 1 aliphatic heterocycles. The second-order valence-electron chi connectivity index (χ2n) is 5.39. The monoisotopic (exact) mass is 306 g/mol. The van der Waals surface area contributed by atoms with Crippen LogP contribution in [0.15, 0.2) is 17.9 Å². The number of fused-ring (bicyclic) bond motifs is 1. The fourth-order valence-corrected chi connectivity index (χ4v) is 3.18. The Hall–Kier alpha value is -1.80. The topological polar surface area (TPSA) is 75.9 Å². The molecule has 1 aliphatic rings. The Morgan fingerprint density at radius 3 is 3.33 bits per heavy atom. The molecule has 8 heteroatoms. The van der Waals surface area contributed by atoms with Crippen molar-refractivity contribution in [2.24, 2.45) is 5.92 Å². The molecule has 0 radical (unpaired) electrons. The summed E-state index contributed by atoms with van der Waals surface area (Å²) in [6.45, 7) is 2.26. The highest BCUT2D eigenvalue weighted by Gasteiger charge is 2.20. The van der Waals surface area contributed by atoms with Crippen LogP contribution >= 0.6 is 11.3 Å². The molecule has 0 saturated heterocycles. The molecule has 0 bridgehead atoms. The van der Waals surface area contributed by atoms with Crippen molar-refractivity contribution in [2.45, 2.75) is 19.4 Å². The lowest BCUT2D eigenvalue weighted by Gasteiger charge is -2.27. The third-order valence-corrected chi connectivity index (χ3v) is 4.23. The van der Waals surface area contributed by atoms with Gasteiger partial charge >= 0.3 is 0 Å². The number of likely N-dealkylation sites (N-methyl/N-ethyl adjacent to an activating group) is 1. The first-order valence-electron chi connectivity index (χ1n) is 6.95. The van der Waals surface area contributed by atoms with Gasteiger partial charge in [0.15, 0.2) is 0 Å². The predicted octanol–water partition coefficient (Wildman–Crippen LogP) is 0.867. The summed E-state index contributed by atoms with van der Waals surface area (Å²) in [4.78, 5) is 18.3. The highest BCUT2D eigenvalue weighted by atomic mass is 32.1. The molecule has 0 saturated carbocycles. The van der Waals surface area contributed by atoms with Gasteiger partial charge in [-0.1, -0.05) is 11.3 Å². The molecule has 0 spiro atoms. The molecule has 0 aromatic carbocycles. The Balaban J connectivity index is 1.46. The molecule has 3 rings (SSSR count). The van der Waals surface area contributed by atoms with E-state index >= 15 is 0 Å². The smallest absolute Gasteiger partial charge is 0.240 e. The van der Waals surface area contributed by atoms with E-state index in [0.717, 1.165) is 25.9 Å². The maximum atomic E-state index is 11.9. The molecule has 112 valence electrons. The van der Waals surface area contributed by atoms with Crippen LogP contribution in [0.3, 0.4) is 0 Å². The van der Waals surface area contributed by atoms with Crippen LogP contribution in [0.1, 0.15) is 12.2 Å². The van der Waals surface area contributed by atoms with E-state index in [-0.39, 0.29) is 5.91 Å². The Bertz CT molecular complexity index is 596. The second kappa shape index (κ2) is 6.31. The van der Waals surface area contributed by atoms with Crippen molar-refractivity contribution < 1.29 is 4.79 Å². The fourth-order valence-electron chi connectivity index (χ4n) is 2.72. The van der Waals surface area contributed by atoms with Crippen molar-refractivity contribution >= 4 is 22.4 Å². The highest BCUT2D eigenvalue weighted by molar-refractivity contribution is 7.13. The average Bonchev–Trinajstić information content (AvgIpc) is 3.08. The van der Waals surface area contributed by atoms with Crippen LogP contribution in [-0.4, -0.2) is 50.7 Å². The number of hydrogen-bond acceptors (Lipinski definition) is 6. The van der Waals surface area contributed by atoms with Gasteiger partial charge in [0.25, 0.3) is 0 Å². The molecule has 2 aromatic rings. The zero-order valence-corrected chi connectivity index (χ0v) is 12.7. The van der Waals surface area contributed by atoms with Crippen LogP contribution in [-0.2, 0) is 17.8 Å². The first kappa shape index (κ1) is 14.2. The van der Waals surface area contributed by atoms with E-state index in [4.69, 9.17) is 0 Å². The summed E-state index contributed by atoms with van der Waals surface area (Å²) >= 11 is 1.32. The Morgan fingerprint density at radius 2 is 2.52 bits per heavy atom. The van der Waals surface area contributed by atoms with Crippen molar-refractivity contribution in [3.05, 3.63) is 23.7 Å². The summed E-state index contributed by atoms with van der Waals surface area (Å²) in [7, 11) is 1.98. The molecule has 3 heterocycles. The Kier molecular flexibility index (Phi) is 4.26. The van der Waals surface area contributed by atoms with Gasteiger partial charge in [0.05, 0.1) is 6.54 Å². The zero-order valence-electron chi connectivity index (χ0n) is 11.9. The fraction of sp³-hybridized carbons (Fsp3) is 0.538. The molecule has 7 nitrogen and oxygen atoms in total. The van der Waals surface area contributed by atoms with Crippen LogP contribution in [0.25, 0.3) is 0 Å². The van der Waals surface area contributed by atoms with Crippen LogP contribution in [0, 0.1) is 5.92 Å². The highest BCUT2D eigenvalue weighted by Crippen LogP contribution is 2.19. The van der Waals surface area contributed by atoms with E-state index in [2.05, 4.69) is 30.0 Å². The van der Waals surface area contributed by atoms with Crippen molar-refractivity contribution in [2.75, 3.05) is 25.5 Å².